The zero-order chi connectivity index (χ0) is 18.7. The topological polar surface area (TPSA) is 58.6 Å². The first kappa shape index (κ1) is 18.5. The summed E-state index contributed by atoms with van der Waals surface area (Å²) >= 11 is 0. The highest BCUT2D eigenvalue weighted by molar-refractivity contribution is 5.90. The largest absolute Gasteiger partial charge is 0.471 e. The van der Waals surface area contributed by atoms with E-state index in [2.05, 4.69) is 13.8 Å². The van der Waals surface area contributed by atoms with E-state index in [9.17, 15) is 22.8 Å². The summed E-state index contributed by atoms with van der Waals surface area (Å²) in [5, 5.41) is 1.86. The predicted molar refractivity (Wildman–Crippen MR) is 83.5 cm³/mol. The van der Waals surface area contributed by atoms with Gasteiger partial charge >= 0.3 is 12.1 Å². The van der Waals surface area contributed by atoms with Crippen LogP contribution in [0.5, 0.6) is 0 Å². The van der Waals surface area contributed by atoms with Crippen molar-refractivity contribution >= 4 is 11.8 Å². The quantitative estimate of drug-likeness (QED) is 0.815. The number of nitrogens with one attached hydrogen (secondary N) is 1. The summed E-state index contributed by atoms with van der Waals surface area (Å²) in [6.45, 7) is 8.27. The summed E-state index contributed by atoms with van der Waals surface area (Å²) in [6.07, 6.45) is -4.20. The van der Waals surface area contributed by atoms with Gasteiger partial charge < -0.3 is 15.0 Å². The molecule has 1 aliphatic heterocycles. The van der Waals surface area contributed by atoms with Crippen molar-refractivity contribution in [3.05, 3.63) is 0 Å². The minimum Gasteiger partial charge on any atom is -0.373 e. The number of hydrogen-bond donors (Lipinski definition) is 1. The molecule has 0 bridgehead atoms. The summed E-state index contributed by atoms with van der Waals surface area (Å²) in [6, 6.07) is -1.37. The second-order valence-electron chi connectivity index (χ2n) is 8.17. The fourth-order valence-electron chi connectivity index (χ4n) is 4.32. The van der Waals surface area contributed by atoms with E-state index >= 15 is 0 Å². The number of halogens is 3. The van der Waals surface area contributed by atoms with E-state index in [0.717, 1.165) is 12.8 Å². The van der Waals surface area contributed by atoms with E-state index in [1.54, 1.807) is 11.8 Å². The SMILES string of the molecule is C[C@@H]1C2C(CN1C(=O)C(NC(=O)C(F)(F)F)[C@@H](C)OC1CC1)C2(C)C. The first-order valence-corrected chi connectivity index (χ1v) is 8.78. The summed E-state index contributed by atoms with van der Waals surface area (Å²) < 4.78 is 43.6. The number of rotatable bonds is 5. The van der Waals surface area contributed by atoms with Crippen molar-refractivity contribution in [3.8, 4) is 0 Å². The van der Waals surface area contributed by atoms with Crippen LogP contribution < -0.4 is 5.32 Å². The fourth-order valence-corrected chi connectivity index (χ4v) is 4.32. The van der Waals surface area contributed by atoms with Crippen molar-refractivity contribution in [2.24, 2.45) is 17.3 Å². The first-order chi connectivity index (χ1) is 11.4. The molecule has 25 heavy (non-hydrogen) atoms. The maximum absolute atomic E-state index is 12.9. The molecule has 0 spiro atoms. The second-order valence-corrected chi connectivity index (χ2v) is 8.17. The van der Waals surface area contributed by atoms with Crippen LogP contribution in [0.25, 0.3) is 0 Å². The highest BCUT2D eigenvalue weighted by atomic mass is 19.4. The van der Waals surface area contributed by atoms with Crippen molar-refractivity contribution in [2.45, 2.75) is 71.0 Å². The molecule has 5 nitrogen and oxygen atoms in total. The average molecular weight is 362 g/mol. The van der Waals surface area contributed by atoms with Crippen molar-refractivity contribution in [1.29, 1.82) is 0 Å². The summed E-state index contributed by atoms with van der Waals surface area (Å²) in [7, 11) is 0. The number of hydrogen-bond acceptors (Lipinski definition) is 3. The van der Waals surface area contributed by atoms with Gasteiger partial charge in [-0.25, -0.2) is 0 Å². The Morgan fingerprint density at radius 1 is 1.28 bits per heavy atom. The Morgan fingerprint density at radius 2 is 1.88 bits per heavy atom. The van der Waals surface area contributed by atoms with E-state index < -0.39 is 30.1 Å². The molecule has 2 aliphatic carbocycles. The molecule has 1 N–H and O–H groups in total. The van der Waals surface area contributed by atoms with E-state index in [1.807, 2.05) is 12.2 Å². The van der Waals surface area contributed by atoms with Gasteiger partial charge in [0.15, 0.2) is 0 Å². The first-order valence-electron chi connectivity index (χ1n) is 8.78. The highest BCUT2D eigenvalue weighted by Crippen LogP contribution is 2.64. The molecule has 3 fully saturated rings. The van der Waals surface area contributed by atoms with Crippen LogP contribution in [0.4, 0.5) is 13.2 Å². The molecule has 8 heteroatoms. The molecule has 2 amide bonds. The molecule has 3 unspecified atom stereocenters. The van der Waals surface area contributed by atoms with Gasteiger partial charge in [-0.15, -0.1) is 0 Å². The predicted octanol–water partition coefficient (Wildman–Crippen LogP) is 2.10. The third kappa shape index (κ3) is 3.37. The molecule has 3 rings (SSSR count). The Bertz CT molecular complexity index is 574. The number of amides is 2. The van der Waals surface area contributed by atoms with Gasteiger partial charge in [-0.3, -0.25) is 9.59 Å². The van der Waals surface area contributed by atoms with Crippen LogP contribution in [-0.4, -0.2) is 53.7 Å². The molecule has 1 heterocycles. The molecule has 142 valence electrons. The summed E-state index contributed by atoms with van der Waals surface area (Å²) in [5.41, 5.74) is 0.164. The van der Waals surface area contributed by atoms with Gasteiger partial charge in [-0.1, -0.05) is 13.8 Å². The smallest absolute Gasteiger partial charge is 0.373 e. The number of carbonyl (C=O) groups is 2. The Kier molecular flexibility index (Phi) is 4.33. The van der Waals surface area contributed by atoms with Crippen molar-refractivity contribution in [1.82, 2.24) is 10.2 Å². The van der Waals surface area contributed by atoms with Gasteiger partial charge in [-0.2, -0.15) is 13.2 Å². The Morgan fingerprint density at radius 3 is 2.32 bits per heavy atom. The Hall–Kier alpha value is -1.31. The normalized spacial score (nSPS) is 32.8. The number of alkyl halides is 3. The van der Waals surface area contributed by atoms with E-state index in [1.165, 1.54) is 0 Å². The summed E-state index contributed by atoms with van der Waals surface area (Å²) in [5.74, 6) is -1.86. The molecule has 0 aromatic rings. The third-order valence-corrected chi connectivity index (χ3v) is 6.04. The van der Waals surface area contributed by atoms with Crippen molar-refractivity contribution in [3.63, 3.8) is 0 Å². The second kappa shape index (κ2) is 5.86. The lowest BCUT2D eigenvalue weighted by molar-refractivity contribution is -0.176. The lowest BCUT2D eigenvalue weighted by Gasteiger charge is -2.34. The number of fused-ring (bicyclic) bond motifs is 1. The van der Waals surface area contributed by atoms with Crippen LogP contribution in [0.1, 0.15) is 40.5 Å². The van der Waals surface area contributed by atoms with Crippen molar-refractivity contribution in [2.75, 3.05) is 6.54 Å². The minimum absolute atomic E-state index is 0.0311. The minimum atomic E-state index is -5.03. The lowest BCUT2D eigenvalue weighted by atomic mass is 10.0. The maximum Gasteiger partial charge on any atom is 0.471 e. The molecule has 0 aromatic carbocycles. The summed E-state index contributed by atoms with van der Waals surface area (Å²) in [4.78, 5) is 25.9. The van der Waals surface area contributed by atoms with E-state index in [4.69, 9.17) is 4.74 Å². The number of piperidine rings is 1. The maximum atomic E-state index is 12.9. The van der Waals surface area contributed by atoms with Crippen LogP contribution >= 0.6 is 0 Å². The highest BCUT2D eigenvalue weighted by Gasteiger charge is 2.66. The van der Waals surface area contributed by atoms with Crippen LogP contribution in [0.15, 0.2) is 0 Å². The van der Waals surface area contributed by atoms with Crippen molar-refractivity contribution < 1.29 is 27.5 Å². The number of nitrogens with zero attached hydrogens (tertiary/aromatic N) is 1. The molecule has 0 radical (unpaired) electrons. The zero-order valence-electron chi connectivity index (χ0n) is 14.9. The third-order valence-electron chi connectivity index (χ3n) is 6.04. The molecule has 0 aromatic heterocycles. The lowest BCUT2D eigenvalue weighted by Crippen LogP contribution is -2.58. The van der Waals surface area contributed by atoms with E-state index in [0.29, 0.717) is 18.4 Å². The van der Waals surface area contributed by atoms with E-state index in [-0.39, 0.29) is 17.6 Å². The van der Waals surface area contributed by atoms with Gasteiger partial charge in [0.05, 0.1) is 12.2 Å². The standard InChI is InChI=1S/C17H25F3N2O3/c1-8-12-11(16(12,3)4)7-22(8)14(23)13(9(2)25-10-5-6-10)21-15(24)17(18,19)20/h8-13H,5-7H2,1-4H3,(H,21,24)/t8-,9-,11?,12?,13?/m1/s1. The average Bonchev–Trinajstić information content (AvgIpc) is 3.34. The molecule has 5 atom stereocenters. The van der Waals surface area contributed by atoms with Gasteiger partial charge in [0.2, 0.25) is 5.91 Å². The molecule has 2 saturated carbocycles. The van der Waals surface area contributed by atoms with Gasteiger partial charge in [-0.05, 0) is 43.9 Å². The monoisotopic (exact) mass is 362 g/mol. The van der Waals surface area contributed by atoms with Crippen LogP contribution in [0.2, 0.25) is 0 Å². The Labute approximate surface area is 145 Å². The molecular formula is C17H25F3N2O3. The van der Waals surface area contributed by atoms with Crippen LogP contribution in [-0.2, 0) is 14.3 Å². The number of ether oxygens (including phenoxy) is 1. The fraction of sp³-hybridized carbons (Fsp3) is 0.882. The van der Waals surface area contributed by atoms with Gasteiger partial charge in [0, 0.05) is 12.6 Å². The van der Waals surface area contributed by atoms with Gasteiger partial charge in [0.1, 0.15) is 6.04 Å². The number of carbonyl (C=O) groups excluding carboxylic acids is 2. The Balaban J connectivity index is 1.72. The van der Waals surface area contributed by atoms with Crippen LogP contribution in [0, 0.1) is 17.3 Å². The van der Waals surface area contributed by atoms with Crippen LogP contribution in [0.3, 0.4) is 0 Å². The zero-order valence-corrected chi connectivity index (χ0v) is 14.9. The number of likely N-dealkylation sites (tertiary alicyclic amines) is 1. The molecular weight excluding hydrogens is 337 g/mol. The molecule has 3 aliphatic rings. The molecule has 1 saturated heterocycles. The van der Waals surface area contributed by atoms with Gasteiger partial charge in [0.25, 0.3) is 0 Å².